The van der Waals surface area contributed by atoms with Gasteiger partial charge in [0.05, 0.1) is 19.1 Å². The van der Waals surface area contributed by atoms with Crippen LogP contribution >= 0.6 is 34.9 Å². The lowest BCUT2D eigenvalue weighted by Crippen LogP contribution is -2.19. The number of carbonyl (C=O) groups is 1. The molecule has 9 heteroatoms. The number of nitrogens with zero attached hydrogens (tertiary/aromatic N) is 3. The molecule has 4 aromatic rings. The van der Waals surface area contributed by atoms with Crippen molar-refractivity contribution in [2.75, 3.05) is 12.9 Å². The van der Waals surface area contributed by atoms with Crippen LogP contribution in [0.25, 0.3) is 10.8 Å². The third kappa shape index (κ3) is 5.87. The number of amides is 1. The van der Waals surface area contributed by atoms with Gasteiger partial charge >= 0.3 is 0 Å². The quantitative estimate of drug-likeness (QED) is 0.201. The Bertz CT molecular complexity index is 1230. The van der Waals surface area contributed by atoms with Crippen molar-refractivity contribution in [3.63, 3.8) is 0 Å². The first-order valence-electron chi connectivity index (χ1n) is 9.73. The summed E-state index contributed by atoms with van der Waals surface area (Å²) in [6.07, 6.45) is 1.62. The van der Waals surface area contributed by atoms with E-state index in [4.69, 9.17) is 4.74 Å². The van der Waals surface area contributed by atoms with Crippen LogP contribution in [0.2, 0.25) is 0 Å². The van der Waals surface area contributed by atoms with Gasteiger partial charge in [-0.05, 0) is 22.4 Å². The summed E-state index contributed by atoms with van der Waals surface area (Å²) in [4.78, 5) is 12.2. The summed E-state index contributed by atoms with van der Waals surface area (Å²) in [6.45, 7) is 0. The van der Waals surface area contributed by atoms with Crippen molar-refractivity contribution >= 4 is 57.8 Å². The van der Waals surface area contributed by atoms with Crippen LogP contribution in [0, 0.1) is 0 Å². The molecule has 4 rings (SSSR count). The van der Waals surface area contributed by atoms with Crippen molar-refractivity contribution in [3.8, 4) is 5.75 Å². The van der Waals surface area contributed by atoms with Gasteiger partial charge in [-0.25, -0.2) is 5.43 Å². The summed E-state index contributed by atoms with van der Waals surface area (Å²) in [5.41, 5.74) is 4.64. The van der Waals surface area contributed by atoms with Crippen LogP contribution < -0.4 is 10.2 Å². The lowest BCUT2D eigenvalue weighted by Gasteiger charge is -2.08. The molecule has 0 spiro atoms. The molecule has 0 saturated carbocycles. The fourth-order valence-corrected chi connectivity index (χ4v) is 5.72. The fraction of sp³-hybridized carbons (Fsp3) is 0.130. The van der Waals surface area contributed by atoms with Gasteiger partial charge in [-0.15, -0.1) is 10.2 Å². The van der Waals surface area contributed by atoms with Crippen LogP contribution in [0.3, 0.4) is 0 Å². The molecule has 1 amide bonds. The largest absolute Gasteiger partial charge is 0.496 e. The summed E-state index contributed by atoms with van der Waals surface area (Å²) in [5.74, 6) is 1.54. The summed E-state index contributed by atoms with van der Waals surface area (Å²) < 4.78 is 7.09. The molecule has 1 aromatic heterocycles. The minimum Gasteiger partial charge on any atom is -0.496 e. The molecule has 0 aliphatic carbocycles. The molecule has 3 aromatic carbocycles. The van der Waals surface area contributed by atoms with Crippen LogP contribution in [0.5, 0.6) is 5.75 Å². The molecule has 162 valence electrons. The number of ether oxygens (including phenoxy) is 1. The molecule has 0 atom stereocenters. The van der Waals surface area contributed by atoms with E-state index in [1.54, 1.807) is 25.1 Å². The van der Waals surface area contributed by atoms with Crippen molar-refractivity contribution in [2.45, 2.75) is 14.4 Å². The molecule has 0 aliphatic heterocycles. The zero-order valence-electron chi connectivity index (χ0n) is 17.2. The zero-order chi connectivity index (χ0) is 22.2. The van der Waals surface area contributed by atoms with E-state index in [1.807, 2.05) is 54.6 Å². The van der Waals surface area contributed by atoms with Gasteiger partial charge in [-0.2, -0.15) is 5.10 Å². The summed E-state index contributed by atoms with van der Waals surface area (Å²) in [5, 5.41) is 14.6. The number of fused-ring (bicyclic) bond motifs is 1. The van der Waals surface area contributed by atoms with E-state index in [0.717, 1.165) is 30.8 Å². The van der Waals surface area contributed by atoms with E-state index in [1.165, 1.54) is 28.7 Å². The van der Waals surface area contributed by atoms with Gasteiger partial charge in [0.25, 0.3) is 5.91 Å². The molecular weight excluding hydrogens is 460 g/mol. The van der Waals surface area contributed by atoms with Crippen LogP contribution in [0.4, 0.5) is 0 Å². The van der Waals surface area contributed by atoms with Crippen molar-refractivity contribution < 1.29 is 9.53 Å². The Morgan fingerprint density at radius 2 is 1.78 bits per heavy atom. The van der Waals surface area contributed by atoms with Gasteiger partial charge in [0.1, 0.15) is 5.75 Å². The van der Waals surface area contributed by atoms with E-state index in [0.29, 0.717) is 5.75 Å². The van der Waals surface area contributed by atoms with Crippen molar-refractivity contribution in [2.24, 2.45) is 5.10 Å². The van der Waals surface area contributed by atoms with Gasteiger partial charge in [0, 0.05) is 11.3 Å². The van der Waals surface area contributed by atoms with Crippen LogP contribution in [-0.2, 0) is 10.5 Å². The minimum atomic E-state index is -0.209. The predicted octanol–water partition coefficient (Wildman–Crippen LogP) is 5.23. The number of aromatic nitrogens is 2. The molecular formula is C23H20N4O2S3. The monoisotopic (exact) mass is 480 g/mol. The Hall–Kier alpha value is -2.88. The average molecular weight is 481 g/mol. The van der Waals surface area contributed by atoms with Crippen molar-refractivity contribution in [1.82, 2.24) is 15.6 Å². The van der Waals surface area contributed by atoms with Crippen LogP contribution in [0.15, 0.2) is 80.5 Å². The maximum atomic E-state index is 12.2. The number of carbonyl (C=O) groups excluding carboxylic acids is 1. The second-order valence-corrected chi connectivity index (χ2v) is 10.0. The number of hydrogen-bond acceptors (Lipinski definition) is 8. The predicted molar refractivity (Wildman–Crippen MR) is 133 cm³/mol. The number of hydrogen-bond donors (Lipinski definition) is 1. The lowest BCUT2D eigenvalue weighted by molar-refractivity contribution is -0.118. The zero-order valence-corrected chi connectivity index (χ0v) is 19.7. The molecule has 1 heterocycles. The first-order chi connectivity index (χ1) is 15.7. The van der Waals surface area contributed by atoms with Gasteiger partial charge in [-0.1, -0.05) is 95.5 Å². The Morgan fingerprint density at radius 3 is 2.59 bits per heavy atom. The molecule has 6 nitrogen and oxygen atoms in total. The van der Waals surface area contributed by atoms with Gasteiger partial charge in [0.15, 0.2) is 8.68 Å². The number of nitrogens with one attached hydrogen (secondary N) is 1. The smallest absolute Gasteiger partial charge is 0.250 e. The fourth-order valence-electron chi connectivity index (χ4n) is 2.95. The normalized spacial score (nSPS) is 11.2. The standard InChI is InChI=1S/C23H20N4O2S3/c1-29-20-12-11-17-9-5-6-10-18(17)19(20)13-24-25-21(28)15-31-23-27-26-22(32-23)30-14-16-7-3-2-4-8-16/h2-13H,14-15H2,1H3,(H,25,28)/b24-13+. The van der Waals surface area contributed by atoms with E-state index in [-0.39, 0.29) is 11.7 Å². The average Bonchev–Trinajstić information content (AvgIpc) is 3.30. The lowest BCUT2D eigenvalue weighted by atomic mass is 10.0. The second kappa shape index (κ2) is 11.1. The number of rotatable bonds is 9. The van der Waals surface area contributed by atoms with Crippen LogP contribution in [0.1, 0.15) is 11.1 Å². The SMILES string of the molecule is COc1ccc2ccccc2c1/C=N/NC(=O)CSc1nnc(SCc2ccccc2)s1. The highest BCUT2D eigenvalue weighted by atomic mass is 32.2. The van der Waals surface area contributed by atoms with E-state index in [2.05, 4.69) is 32.9 Å². The van der Waals surface area contributed by atoms with E-state index < -0.39 is 0 Å². The topological polar surface area (TPSA) is 76.5 Å². The highest BCUT2D eigenvalue weighted by Gasteiger charge is 2.09. The molecule has 0 saturated heterocycles. The second-order valence-electron chi connectivity index (χ2n) is 6.59. The van der Waals surface area contributed by atoms with E-state index in [9.17, 15) is 4.79 Å². The number of thioether (sulfide) groups is 2. The van der Waals surface area contributed by atoms with Crippen molar-refractivity contribution in [1.29, 1.82) is 0 Å². The Kier molecular flexibility index (Phi) is 7.76. The molecule has 0 radical (unpaired) electrons. The highest BCUT2D eigenvalue weighted by Crippen LogP contribution is 2.30. The number of methoxy groups -OCH3 is 1. The Morgan fingerprint density at radius 1 is 1.03 bits per heavy atom. The molecule has 1 N–H and O–H groups in total. The van der Waals surface area contributed by atoms with Gasteiger partial charge in [-0.3, -0.25) is 4.79 Å². The third-order valence-electron chi connectivity index (χ3n) is 4.45. The minimum absolute atomic E-state index is 0.209. The third-order valence-corrected chi connectivity index (χ3v) is 7.71. The maximum Gasteiger partial charge on any atom is 0.250 e. The summed E-state index contributed by atoms with van der Waals surface area (Å²) in [6, 6.07) is 22.1. The van der Waals surface area contributed by atoms with E-state index >= 15 is 0 Å². The Balaban J connectivity index is 1.29. The molecule has 32 heavy (non-hydrogen) atoms. The van der Waals surface area contributed by atoms with Gasteiger partial charge < -0.3 is 4.74 Å². The van der Waals surface area contributed by atoms with Gasteiger partial charge in [0.2, 0.25) is 0 Å². The van der Waals surface area contributed by atoms with Crippen LogP contribution in [-0.4, -0.2) is 35.2 Å². The maximum absolute atomic E-state index is 12.2. The first kappa shape index (κ1) is 22.3. The number of benzene rings is 3. The summed E-state index contributed by atoms with van der Waals surface area (Å²) in [7, 11) is 1.62. The summed E-state index contributed by atoms with van der Waals surface area (Å²) >= 11 is 4.48. The number of hydrazone groups is 1. The van der Waals surface area contributed by atoms with Crippen molar-refractivity contribution in [3.05, 3.63) is 77.9 Å². The molecule has 0 aliphatic rings. The Labute approximate surface area is 198 Å². The molecule has 0 unspecified atom stereocenters. The molecule has 0 fully saturated rings. The first-order valence-corrected chi connectivity index (χ1v) is 12.5. The highest BCUT2D eigenvalue weighted by molar-refractivity contribution is 8.03. The molecule has 0 bridgehead atoms.